The van der Waals surface area contributed by atoms with Crippen molar-refractivity contribution in [1.82, 2.24) is 20.1 Å². The standard InChI is InChI=1S/C19H20N4O2/c1-14(16-6-8-17(9-7-16)23-13-20-12-21-23)22-19(24)11-15-4-3-5-18(10-15)25-2/h3-10,12-14H,11H2,1-2H3,(H,22,24). The molecule has 0 saturated carbocycles. The number of ether oxygens (including phenoxy) is 1. The van der Waals surface area contributed by atoms with Crippen LogP contribution in [0.25, 0.3) is 5.69 Å². The van der Waals surface area contributed by atoms with Crippen molar-refractivity contribution in [2.45, 2.75) is 19.4 Å². The lowest BCUT2D eigenvalue weighted by Gasteiger charge is -2.15. The van der Waals surface area contributed by atoms with Crippen molar-refractivity contribution < 1.29 is 9.53 Å². The highest BCUT2D eigenvalue weighted by molar-refractivity contribution is 5.79. The highest BCUT2D eigenvalue weighted by atomic mass is 16.5. The normalized spacial score (nSPS) is 11.8. The monoisotopic (exact) mass is 336 g/mol. The molecule has 0 spiro atoms. The van der Waals surface area contributed by atoms with E-state index in [1.165, 1.54) is 6.33 Å². The van der Waals surface area contributed by atoms with Gasteiger partial charge in [0.15, 0.2) is 0 Å². The number of carbonyl (C=O) groups is 1. The van der Waals surface area contributed by atoms with Gasteiger partial charge in [0.25, 0.3) is 0 Å². The van der Waals surface area contributed by atoms with E-state index >= 15 is 0 Å². The Morgan fingerprint density at radius 3 is 2.72 bits per heavy atom. The fraction of sp³-hybridized carbons (Fsp3) is 0.211. The summed E-state index contributed by atoms with van der Waals surface area (Å²) in [7, 11) is 1.62. The molecule has 0 fully saturated rings. The van der Waals surface area contributed by atoms with Crippen LogP contribution in [-0.4, -0.2) is 27.8 Å². The third-order valence-corrected chi connectivity index (χ3v) is 3.95. The largest absolute Gasteiger partial charge is 0.497 e. The topological polar surface area (TPSA) is 69.0 Å². The Labute approximate surface area is 146 Å². The second-order valence-electron chi connectivity index (χ2n) is 5.75. The molecule has 0 bridgehead atoms. The van der Waals surface area contributed by atoms with Gasteiger partial charge in [0.2, 0.25) is 5.91 Å². The van der Waals surface area contributed by atoms with Crippen molar-refractivity contribution >= 4 is 5.91 Å². The maximum Gasteiger partial charge on any atom is 0.224 e. The van der Waals surface area contributed by atoms with Gasteiger partial charge in [-0.1, -0.05) is 24.3 Å². The van der Waals surface area contributed by atoms with E-state index in [-0.39, 0.29) is 11.9 Å². The summed E-state index contributed by atoms with van der Waals surface area (Å²) < 4.78 is 6.88. The van der Waals surface area contributed by atoms with E-state index in [4.69, 9.17) is 4.74 Å². The molecule has 1 aromatic heterocycles. The number of benzene rings is 2. The third kappa shape index (κ3) is 4.23. The van der Waals surface area contributed by atoms with E-state index in [9.17, 15) is 4.79 Å². The van der Waals surface area contributed by atoms with Crippen molar-refractivity contribution in [3.8, 4) is 11.4 Å². The molecule has 1 unspecified atom stereocenters. The molecule has 0 aliphatic carbocycles. The summed E-state index contributed by atoms with van der Waals surface area (Å²) >= 11 is 0. The van der Waals surface area contributed by atoms with Crippen LogP contribution in [0.2, 0.25) is 0 Å². The van der Waals surface area contributed by atoms with Crippen LogP contribution in [0.15, 0.2) is 61.2 Å². The molecular formula is C19H20N4O2. The molecule has 6 heteroatoms. The third-order valence-electron chi connectivity index (χ3n) is 3.95. The van der Waals surface area contributed by atoms with Gasteiger partial charge in [0, 0.05) is 0 Å². The number of hydrogen-bond acceptors (Lipinski definition) is 4. The van der Waals surface area contributed by atoms with Crippen LogP contribution in [0.5, 0.6) is 5.75 Å². The average Bonchev–Trinajstić information content (AvgIpc) is 3.16. The SMILES string of the molecule is COc1cccc(CC(=O)NC(C)c2ccc(-n3cncn3)cc2)c1. The molecule has 128 valence electrons. The molecule has 0 saturated heterocycles. The van der Waals surface area contributed by atoms with Crippen LogP contribution in [0.1, 0.15) is 24.1 Å². The first-order chi connectivity index (χ1) is 12.2. The molecule has 1 atom stereocenters. The predicted molar refractivity (Wildman–Crippen MR) is 94.6 cm³/mol. The molecule has 1 amide bonds. The Hall–Kier alpha value is -3.15. The van der Waals surface area contributed by atoms with Crippen LogP contribution in [0.4, 0.5) is 0 Å². The van der Waals surface area contributed by atoms with Crippen LogP contribution >= 0.6 is 0 Å². The summed E-state index contributed by atoms with van der Waals surface area (Å²) in [5, 5.41) is 7.12. The molecule has 0 radical (unpaired) electrons. The van der Waals surface area contributed by atoms with Gasteiger partial charge < -0.3 is 10.1 Å². The molecule has 3 rings (SSSR count). The van der Waals surface area contributed by atoms with E-state index in [2.05, 4.69) is 15.4 Å². The zero-order chi connectivity index (χ0) is 17.6. The maximum atomic E-state index is 12.3. The summed E-state index contributed by atoms with van der Waals surface area (Å²) in [6.07, 6.45) is 3.46. The molecule has 1 N–H and O–H groups in total. The zero-order valence-electron chi connectivity index (χ0n) is 14.2. The average molecular weight is 336 g/mol. The zero-order valence-corrected chi connectivity index (χ0v) is 14.2. The smallest absolute Gasteiger partial charge is 0.224 e. The summed E-state index contributed by atoms with van der Waals surface area (Å²) in [5.41, 5.74) is 2.88. The van der Waals surface area contributed by atoms with Crippen LogP contribution in [-0.2, 0) is 11.2 Å². The van der Waals surface area contributed by atoms with Crippen molar-refractivity contribution in [2.24, 2.45) is 0 Å². The quantitative estimate of drug-likeness (QED) is 0.751. The Kier molecular flexibility index (Phi) is 5.09. The van der Waals surface area contributed by atoms with E-state index in [1.54, 1.807) is 18.1 Å². The predicted octanol–water partition coefficient (Wildman–Crippen LogP) is 2.70. The summed E-state index contributed by atoms with van der Waals surface area (Å²) in [6, 6.07) is 15.3. The lowest BCUT2D eigenvalue weighted by molar-refractivity contribution is -0.121. The molecule has 2 aromatic carbocycles. The Morgan fingerprint density at radius 1 is 1.24 bits per heavy atom. The fourth-order valence-corrected chi connectivity index (χ4v) is 2.60. The Bertz CT molecular complexity index is 829. The second-order valence-corrected chi connectivity index (χ2v) is 5.75. The molecule has 0 aliphatic heterocycles. The van der Waals surface area contributed by atoms with Gasteiger partial charge in [0.1, 0.15) is 18.4 Å². The highest BCUT2D eigenvalue weighted by Crippen LogP contribution is 2.16. The first-order valence-corrected chi connectivity index (χ1v) is 8.03. The van der Waals surface area contributed by atoms with Crippen LogP contribution in [0, 0.1) is 0 Å². The number of nitrogens with one attached hydrogen (secondary N) is 1. The van der Waals surface area contributed by atoms with Gasteiger partial charge >= 0.3 is 0 Å². The van der Waals surface area contributed by atoms with Crippen molar-refractivity contribution in [3.63, 3.8) is 0 Å². The van der Waals surface area contributed by atoms with Gasteiger partial charge in [-0.25, -0.2) is 9.67 Å². The maximum absolute atomic E-state index is 12.3. The van der Waals surface area contributed by atoms with Crippen molar-refractivity contribution in [3.05, 3.63) is 72.3 Å². The second kappa shape index (κ2) is 7.61. The Balaban J connectivity index is 1.61. The molecule has 1 heterocycles. The number of aromatic nitrogens is 3. The van der Waals surface area contributed by atoms with E-state index in [0.29, 0.717) is 6.42 Å². The van der Waals surface area contributed by atoms with Crippen molar-refractivity contribution in [1.29, 1.82) is 0 Å². The Morgan fingerprint density at radius 2 is 2.04 bits per heavy atom. The fourth-order valence-electron chi connectivity index (χ4n) is 2.60. The van der Waals surface area contributed by atoms with Crippen LogP contribution in [0.3, 0.4) is 0 Å². The van der Waals surface area contributed by atoms with Gasteiger partial charge in [0.05, 0.1) is 25.3 Å². The van der Waals surface area contributed by atoms with Gasteiger partial charge in [-0.2, -0.15) is 5.10 Å². The number of rotatable bonds is 6. The van der Waals surface area contributed by atoms with E-state index < -0.39 is 0 Å². The lowest BCUT2D eigenvalue weighted by atomic mass is 10.1. The van der Waals surface area contributed by atoms with E-state index in [1.807, 2.05) is 55.5 Å². The highest BCUT2D eigenvalue weighted by Gasteiger charge is 2.11. The minimum absolute atomic E-state index is 0.0268. The molecule has 0 aliphatic rings. The summed E-state index contributed by atoms with van der Waals surface area (Å²) in [4.78, 5) is 16.2. The first kappa shape index (κ1) is 16.7. The number of carbonyl (C=O) groups excluding carboxylic acids is 1. The summed E-state index contributed by atoms with van der Waals surface area (Å²) in [6.45, 7) is 1.97. The number of amides is 1. The number of nitrogens with zero attached hydrogens (tertiary/aromatic N) is 3. The van der Waals surface area contributed by atoms with Crippen LogP contribution < -0.4 is 10.1 Å². The summed E-state index contributed by atoms with van der Waals surface area (Å²) in [5.74, 6) is 0.725. The van der Waals surface area contributed by atoms with Gasteiger partial charge in [-0.15, -0.1) is 0 Å². The number of methoxy groups -OCH3 is 1. The molecule has 6 nitrogen and oxygen atoms in total. The van der Waals surface area contributed by atoms with E-state index in [0.717, 1.165) is 22.6 Å². The first-order valence-electron chi connectivity index (χ1n) is 8.03. The van der Waals surface area contributed by atoms with Gasteiger partial charge in [-0.05, 0) is 42.3 Å². The van der Waals surface area contributed by atoms with Gasteiger partial charge in [-0.3, -0.25) is 4.79 Å². The minimum Gasteiger partial charge on any atom is -0.497 e. The molecule has 25 heavy (non-hydrogen) atoms. The lowest BCUT2D eigenvalue weighted by Crippen LogP contribution is -2.28. The van der Waals surface area contributed by atoms with Crippen molar-refractivity contribution in [2.75, 3.05) is 7.11 Å². The molecule has 3 aromatic rings. The minimum atomic E-state index is -0.0806. The number of hydrogen-bond donors (Lipinski definition) is 1. The molecular weight excluding hydrogens is 316 g/mol.